The van der Waals surface area contributed by atoms with Crippen LogP contribution in [0.3, 0.4) is 0 Å². The first-order valence-corrected chi connectivity index (χ1v) is 17.7. The second-order valence-electron chi connectivity index (χ2n) is 14.7. The van der Waals surface area contributed by atoms with Crippen LogP contribution in [0.5, 0.6) is 5.75 Å². The summed E-state index contributed by atoms with van der Waals surface area (Å²) < 4.78 is 6.99. The molecule has 43 heavy (non-hydrogen) atoms. The highest BCUT2D eigenvalue weighted by Gasteiger charge is 2.36. The summed E-state index contributed by atoms with van der Waals surface area (Å²) in [6, 6.07) is 22.6. The summed E-state index contributed by atoms with van der Waals surface area (Å²) in [4.78, 5) is 2.55. The van der Waals surface area contributed by atoms with E-state index in [4.69, 9.17) is 4.74 Å². The first-order valence-electron chi connectivity index (χ1n) is 16.7. The predicted octanol–water partition coefficient (Wildman–Crippen LogP) is 10.8. The normalized spacial score (nSPS) is 14.0. The first-order chi connectivity index (χ1) is 20.2. The summed E-state index contributed by atoms with van der Waals surface area (Å²) >= 11 is 0. The van der Waals surface area contributed by atoms with Gasteiger partial charge in [-0.2, -0.15) is 0 Å². The fourth-order valence-corrected chi connectivity index (χ4v) is 7.69. The van der Waals surface area contributed by atoms with Gasteiger partial charge >= 0.3 is 0 Å². The number of hydrogen-bond acceptors (Lipinski definition) is 2. The fourth-order valence-electron chi connectivity index (χ4n) is 5.91. The van der Waals surface area contributed by atoms with Crippen molar-refractivity contribution in [2.24, 2.45) is 0 Å². The van der Waals surface area contributed by atoms with Crippen LogP contribution in [0, 0.1) is 6.92 Å². The van der Waals surface area contributed by atoms with Crippen LogP contribution in [0.1, 0.15) is 128 Å². The highest BCUT2D eigenvalue weighted by molar-refractivity contribution is 7.48. The monoisotopic (exact) mass is 601 g/mol. The predicted molar refractivity (Wildman–Crippen MR) is 192 cm³/mol. The molecule has 0 saturated heterocycles. The maximum atomic E-state index is 6.99. The molecule has 2 unspecified atom stereocenters. The Morgan fingerprint density at radius 1 is 0.744 bits per heavy atom. The number of rotatable bonds is 14. The molecule has 3 rings (SSSR count). The lowest BCUT2D eigenvalue weighted by Gasteiger charge is -2.38. The highest BCUT2D eigenvalue weighted by Crippen LogP contribution is 2.52. The van der Waals surface area contributed by atoms with Crippen LogP contribution in [0.25, 0.3) is 0 Å². The number of nitrogens with zero attached hydrogens (tertiary/aromatic N) is 1. The largest absolute Gasteiger partial charge is 0.488 e. The third-order valence-corrected chi connectivity index (χ3v) is 10.9. The van der Waals surface area contributed by atoms with Crippen LogP contribution >= 0.6 is 8.58 Å². The zero-order chi connectivity index (χ0) is 31.8. The Kier molecular flexibility index (Phi) is 12.5. The minimum Gasteiger partial charge on any atom is -0.488 e. The van der Waals surface area contributed by atoms with Gasteiger partial charge in [-0.15, -0.1) is 0 Å². The average molecular weight is 602 g/mol. The Balaban J connectivity index is 2.29. The lowest BCUT2D eigenvalue weighted by atomic mass is 9.76. The smallest absolute Gasteiger partial charge is 0.127 e. The van der Waals surface area contributed by atoms with Crippen molar-refractivity contribution in [2.45, 2.75) is 131 Å². The Hall–Kier alpha value is -2.15. The van der Waals surface area contributed by atoms with Gasteiger partial charge in [0.2, 0.25) is 0 Å². The summed E-state index contributed by atoms with van der Waals surface area (Å²) in [6.07, 6.45) is 4.85. The fraction of sp³-hybridized carbons (Fsp3) is 0.550. The van der Waals surface area contributed by atoms with Gasteiger partial charge in [0.15, 0.2) is 0 Å². The second kappa shape index (κ2) is 15.2. The van der Waals surface area contributed by atoms with E-state index in [0.717, 1.165) is 31.8 Å². The van der Waals surface area contributed by atoms with Gasteiger partial charge in [-0.3, -0.25) is 4.90 Å². The first kappa shape index (κ1) is 35.3. The molecule has 3 aromatic carbocycles. The SMILES string of the molecule is CCCCCC(C)(Pc1c(C)cccc1CN(CC)CC)c1cc(C(C)(C)C)cc(C(C)(C)C)c1OCc1ccccc1. The Morgan fingerprint density at radius 2 is 1.40 bits per heavy atom. The van der Waals surface area contributed by atoms with Crippen molar-refractivity contribution in [3.05, 3.63) is 94.0 Å². The van der Waals surface area contributed by atoms with Gasteiger partial charge in [-0.05, 0) is 64.8 Å². The minimum absolute atomic E-state index is 0.0384. The third-order valence-electron chi connectivity index (χ3n) is 8.91. The molecular weight excluding hydrogens is 541 g/mol. The molecule has 3 heteroatoms. The summed E-state index contributed by atoms with van der Waals surface area (Å²) in [5.41, 5.74) is 8.22. The molecular formula is C40H60NOP. The highest BCUT2D eigenvalue weighted by atomic mass is 31.1. The van der Waals surface area contributed by atoms with E-state index in [0.29, 0.717) is 15.2 Å². The van der Waals surface area contributed by atoms with E-state index in [1.807, 2.05) is 0 Å². The van der Waals surface area contributed by atoms with Gasteiger partial charge in [0.25, 0.3) is 0 Å². The lowest BCUT2D eigenvalue weighted by molar-refractivity contribution is 0.290. The molecule has 0 aliphatic rings. The molecule has 0 aliphatic heterocycles. The zero-order valence-corrected chi connectivity index (χ0v) is 30.3. The van der Waals surface area contributed by atoms with E-state index >= 15 is 0 Å². The second-order valence-corrected chi connectivity index (χ2v) is 16.5. The van der Waals surface area contributed by atoms with Gasteiger partial charge in [-0.25, -0.2) is 0 Å². The van der Waals surface area contributed by atoms with E-state index in [2.05, 4.69) is 142 Å². The molecule has 0 aliphatic carbocycles. The van der Waals surface area contributed by atoms with Crippen molar-refractivity contribution < 1.29 is 4.74 Å². The standard InChI is InChI=1S/C40H60NOP/c1-12-15-19-25-40(11,43-37-30(4)21-20-24-32(37)28-41(13-2)14-3)35-27-33(38(5,6)7)26-34(39(8,9)10)36(35)42-29-31-22-17-16-18-23-31/h16-18,20-24,26-27,43H,12-15,19,25,28-29H2,1-11H3. The molecule has 0 aromatic heterocycles. The molecule has 0 saturated carbocycles. The van der Waals surface area contributed by atoms with E-state index in [9.17, 15) is 0 Å². The molecule has 0 fully saturated rings. The van der Waals surface area contributed by atoms with E-state index in [-0.39, 0.29) is 16.0 Å². The quantitative estimate of drug-likeness (QED) is 0.135. The maximum Gasteiger partial charge on any atom is 0.127 e. The van der Waals surface area contributed by atoms with E-state index in [1.54, 1.807) is 5.30 Å². The Labute approximate surface area is 266 Å². The molecule has 3 aromatic rings. The van der Waals surface area contributed by atoms with Gasteiger partial charge in [0, 0.05) is 22.8 Å². The molecule has 0 heterocycles. The third kappa shape index (κ3) is 9.42. The van der Waals surface area contributed by atoms with Gasteiger partial charge in [-0.1, -0.05) is 158 Å². The van der Waals surface area contributed by atoms with E-state index in [1.165, 1.54) is 52.6 Å². The van der Waals surface area contributed by atoms with Crippen LogP contribution in [0.2, 0.25) is 0 Å². The van der Waals surface area contributed by atoms with Crippen LogP contribution in [-0.2, 0) is 29.1 Å². The average Bonchev–Trinajstić information content (AvgIpc) is 2.95. The minimum atomic E-state index is -0.0496. The summed E-state index contributed by atoms with van der Waals surface area (Å²) in [6.45, 7) is 29.5. The van der Waals surface area contributed by atoms with Gasteiger partial charge < -0.3 is 4.74 Å². The van der Waals surface area contributed by atoms with Crippen molar-refractivity contribution in [1.29, 1.82) is 0 Å². The summed E-state index contributed by atoms with van der Waals surface area (Å²) in [5, 5.41) is 1.49. The van der Waals surface area contributed by atoms with Crippen molar-refractivity contribution in [1.82, 2.24) is 4.90 Å². The van der Waals surface area contributed by atoms with Crippen LogP contribution in [0.15, 0.2) is 60.7 Å². The molecule has 2 atom stereocenters. The molecule has 0 bridgehead atoms. The topological polar surface area (TPSA) is 12.5 Å². The van der Waals surface area contributed by atoms with Crippen LogP contribution < -0.4 is 10.0 Å². The molecule has 0 N–H and O–H groups in total. The van der Waals surface area contributed by atoms with Crippen molar-refractivity contribution >= 4 is 13.9 Å². The zero-order valence-electron chi connectivity index (χ0n) is 29.3. The van der Waals surface area contributed by atoms with E-state index < -0.39 is 0 Å². The molecule has 2 nitrogen and oxygen atoms in total. The number of benzene rings is 3. The molecule has 0 radical (unpaired) electrons. The summed E-state index contributed by atoms with van der Waals surface area (Å²) in [5.74, 6) is 1.11. The van der Waals surface area contributed by atoms with Crippen molar-refractivity contribution in [3.8, 4) is 5.75 Å². The van der Waals surface area contributed by atoms with Crippen LogP contribution in [-0.4, -0.2) is 18.0 Å². The number of unbranched alkanes of at least 4 members (excludes halogenated alkanes) is 2. The van der Waals surface area contributed by atoms with Crippen molar-refractivity contribution in [2.75, 3.05) is 13.1 Å². The van der Waals surface area contributed by atoms with Gasteiger partial charge in [0.1, 0.15) is 12.4 Å². The number of ether oxygens (including phenoxy) is 1. The maximum absolute atomic E-state index is 6.99. The van der Waals surface area contributed by atoms with Gasteiger partial charge in [0.05, 0.1) is 0 Å². The van der Waals surface area contributed by atoms with Crippen LogP contribution in [0.4, 0.5) is 0 Å². The lowest BCUT2D eigenvalue weighted by Crippen LogP contribution is -2.29. The molecule has 0 spiro atoms. The molecule has 0 amide bonds. The van der Waals surface area contributed by atoms with Crippen molar-refractivity contribution in [3.63, 3.8) is 0 Å². The Morgan fingerprint density at radius 3 is 1.98 bits per heavy atom. The number of hydrogen-bond donors (Lipinski definition) is 0. The number of aryl methyl sites for hydroxylation is 1. The Bertz CT molecular complexity index is 1300. The summed E-state index contributed by atoms with van der Waals surface area (Å²) in [7, 11) is 0.657. The molecule has 236 valence electrons.